The molecule has 0 radical (unpaired) electrons. The summed E-state index contributed by atoms with van der Waals surface area (Å²) in [5, 5.41) is 0. The van der Waals surface area contributed by atoms with Crippen molar-refractivity contribution < 1.29 is 13.2 Å². The fraction of sp³-hybridized carbons (Fsp3) is 0.667. The van der Waals surface area contributed by atoms with Crippen molar-refractivity contribution >= 4 is 11.8 Å². The molecule has 5 nitrogen and oxygen atoms in total. The quantitative estimate of drug-likeness (QED) is 0.916. The highest BCUT2D eigenvalue weighted by atomic mass is 19.4. The molecule has 0 amide bonds. The second-order valence-corrected chi connectivity index (χ2v) is 4.80. The van der Waals surface area contributed by atoms with Crippen LogP contribution in [0.4, 0.5) is 24.9 Å². The first kappa shape index (κ1) is 14.8. The number of aromatic nitrogens is 2. The predicted octanol–water partition coefficient (Wildman–Crippen LogP) is 1.61. The van der Waals surface area contributed by atoms with Crippen LogP contribution in [-0.2, 0) is 6.18 Å². The Labute approximate surface area is 115 Å². The summed E-state index contributed by atoms with van der Waals surface area (Å²) in [5.41, 5.74) is 4.39. The zero-order valence-corrected chi connectivity index (χ0v) is 11.3. The SMILES string of the molecule is CCCN1CCN(c2cc(C(F)(F)F)nc(N)n2)CC1. The van der Waals surface area contributed by atoms with Crippen LogP contribution >= 0.6 is 0 Å². The molecule has 2 rings (SSSR count). The first-order valence-corrected chi connectivity index (χ1v) is 6.59. The fourth-order valence-corrected chi connectivity index (χ4v) is 2.28. The van der Waals surface area contributed by atoms with E-state index in [9.17, 15) is 13.2 Å². The van der Waals surface area contributed by atoms with E-state index in [4.69, 9.17) is 5.73 Å². The minimum atomic E-state index is -4.50. The Kier molecular flexibility index (Phi) is 4.32. The van der Waals surface area contributed by atoms with Crippen molar-refractivity contribution in [1.29, 1.82) is 0 Å². The Morgan fingerprint density at radius 3 is 2.40 bits per heavy atom. The van der Waals surface area contributed by atoms with Gasteiger partial charge in [0.1, 0.15) is 5.82 Å². The van der Waals surface area contributed by atoms with Crippen LogP contribution in [0.1, 0.15) is 19.0 Å². The van der Waals surface area contributed by atoms with Crippen molar-refractivity contribution in [2.24, 2.45) is 0 Å². The normalized spacial score (nSPS) is 17.5. The van der Waals surface area contributed by atoms with Crippen LogP contribution in [0, 0.1) is 0 Å². The molecule has 0 aliphatic carbocycles. The van der Waals surface area contributed by atoms with Gasteiger partial charge in [-0.1, -0.05) is 6.92 Å². The number of nitrogens with two attached hydrogens (primary N) is 1. The molecule has 2 N–H and O–H groups in total. The van der Waals surface area contributed by atoms with Crippen molar-refractivity contribution in [2.75, 3.05) is 43.4 Å². The van der Waals surface area contributed by atoms with Gasteiger partial charge in [-0.05, 0) is 13.0 Å². The number of anilines is 2. The molecule has 0 saturated carbocycles. The lowest BCUT2D eigenvalue weighted by atomic mass is 10.2. The van der Waals surface area contributed by atoms with Gasteiger partial charge in [-0.3, -0.25) is 4.90 Å². The number of nitrogens with zero attached hydrogens (tertiary/aromatic N) is 4. The minimum Gasteiger partial charge on any atom is -0.368 e. The van der Waals surface area contributed by atoms with E-state index in [1.165, 1.54) is 0 Å². The smallest absolute Gasteiger partial charge is 0.368 e. The van der Waals surface area contributed by atoms with Gasteiger partial charge in [0.05, 0.1) is 0 Å². The molecule has 0 unspecified atom stereocenters. The summed E-state index contributed by atoms with van der Waals surface area (Å²) in [7, 11) is 0. The van der Waals surface area contributed by atoms with E-state index < -0.39 is 11.9 Å². The van der Waals surface area contributed by atoms with Gasteiger partial charge in [0.25, 0.3) is 0 Å². The van der Waals surface area contributed by atoms with Crippen LogP contribution in [-0.4, -0.2) is 47.6 Å². The van der Waals surface area contributed by atoms with Crippen molar-refractivity contribution in [3.8, 4) is 0 Å². The second-order valence-electron chi connectivity index (χ2n) is 4.80. The third-order valence-corrected chi connectivity index (χ3v) is 3.26. The first-order valence-electron chi connectivity index (χ1n) is 6.59. The molecule has 1 saturated heterocycles. The maximum Gasteiger partial charge on any atom is 0.433 e. The highest BCUT2D eigenvalue weighted by Crippen LogP contribution is 2.30. The summed E-state index contributed by atoms with van der Waals surface area (Å²) in [6.07, 6.45) is -3.44. The van der Waals surface area contributed by atoms with E-state index in [1.807, 2.05) is 4.90 Å². The molecule has 112 valence electrons. The molecule has 0 aromatic carbocycles. The van der Waals surface area contributed by atoms with Crippen LogP contribution < -0.4 is 10.6 Å². The maximum absolute atomic E-state index is 12.7. The van der Waals surface area contributed by atoms with Gasteiger partial charge >= 0.3 is 6.18 Å². The van der Waals surface area contributed by atoms with E-state index in [1.54, 1.807) is 0 Å². The van der Waals surface area contributed by atoms with E-state index in [0.717, 1.165) is 32.1 Å². The van der Waals surface area contributed by atoms with Gasteiger partial charge in [0, 0.05) is 32.2 Å². The standard InChI is InChI=1S/C12H18F3N5/c1-2-3-19-4-6-20(7-5-19)10-8-9(12(13,14)15)17-11(16)18-10/h8H,2-7H2,1H3,(H2,16,17,18). The molecule has 0 bridgehead atoms. The summed E-state index contributed by atoms with van der Waals surface area (Å²) in [5.74, 6) is -0.0909. The Bertz CT molecular complexity index is 455. The van der Waals surface area contributed by atoms with Crippen LogP contribution in [0.5, 0.6) is 0 Å². The summed E-state index contributed by atoms with van der Waals surface area (Å²) in [4.78, 5) is 11.3. The zero-order chi connectivity index (χ0) is 14.8. The third kappa shape index (κ3) is 3.50. The molecule has 1 fully saturated rings. The largest absolute Gasteiger partial charge is 0.433 e. The van der Waals surface area contributed by atoms with E-state index in [2.05, 4.69) is 21.8 Å². The molecule has 1 aliphatic heterocycles. The number of alkyl halides is 3. The van der Waals surface area contributed by atoms with Gasteiger partial charge in [-0.15, -0.1) is 0 Å². The number of piperazine rings is 1. The Morgan fingerprint density at radius 2 is 1.85 bits per heavy atom. The fourth-order valence-electron chi connectivity index (χ4n) is 2.28. The van der Waals surface area contributed by atoms with Crippen molar-refractivity contribution in [2.45, 2.75) is 19.5 Å². The average molecular weight is 289 g/mol. The molecule has 1 aliphatic rings. The minimum absolute atomic E-state index is 0.251. The van der Waals surface area contributed by atoms with Gasteiger partial charge in [0.2, 0.25) is 5.95 Å². The average Bonchev–Trinajstić information content (AvgIpc) is 2.38. The van der Waals surface area contributed by atoms with E-state index >= 15 is 0 Å². The molecule has 20 heavy (non-hydrogen) atoms. The molecule has 2 heterocycles. The molecule has 8 heteroatoms. The Hall–Kier alpha value is -1.57. The number of hydrogen-bond donors (Lipinski definition) is 1. The number of halogens is 3. The van der Waals surface area contributed by atoms with Crippen molar-refractivity contribution in [3.05, 3.63) is 11.8 Å². The molecule has 1 aromatic heterocycles. The lowest BCUT2D eigenvalue weighted by Crippen LogP contribution is -2.47. The number of nitrogen functional groups attached to an aromatic ring is 1. The summed E-state index contributed by atoms with van der Waals surface area (Å²) in [6, 6.07) is 0.964. The number of hydrogen-bond acceptors (Lipinski definition) is 5. The summed E-state index contributed by atoms with van der Waals surface area (Å²) >= 11 is 0. The van der Waals surface area contributed by atoms with Gasteiger partial charge in [-0.25, -0.2) is 4.98 Å². The zero-order valence-electron chi connectivity index (χ0n) is 11.3. The predicted molar refractivity (Wildman–Crippen MR) is 70.4 cm³/mol. The lowest BCUT2D eigenvalue weighted by molar-refractivity contribution is -0.141. The highest BCUT2D eigenvalue weighted by molar-refractivity contribution is 5.44. The third-order valence-electron chi connectivity index (χ3n) is 3.26. The number of rotatable bonds is 3. The topological polar surface area (TPSA) is 58.3 Å². The summed E-state index contributed by atoms with van der Waals surface area (Å²) in [6.45, 7) is 6.04. The van der Waals surface area contributed by atoms with Crippen molar-refractivity contribution in [1.82, 2.24) is 14.9 Å². The molecular formula is C12H18F3N5. The molecule has 0 atom stereocenters. The Balaban J connectivity index is 2.12. The molecular weight excluding hydrogens is 271 g/mol. The van der Waals surface area contributed by atoms with Crippen LogP contribution in [0.15, 0.2) is 6.07 Å². The van der Waals surface area contributed by atoms with E-state index in [-0.39, 0.29) is 11.8 Å². The van der Waals surface area contributed by atoms with Crippen LogP contribution in [0.3, 0.4) is 0 Å². The van der Waals surface area contributed by atoms with Gasteiger partial charge in [0.15, 0.2) is 5.69 Å². The summed E-state index contributed by atoms with van der Waals surface area (Å²) < 4.78 is 38.1. The second kappa shape index (κ2) is 5.82. The van der Waals surface area contributed by atoms with Gasteiger partial charge < -0.3 is 10.6 Å². The Morgan fingerprint density at radius 1 is 1.20 bits per heavy atom. The lowest BCUT2D eigenvalue weighted by Gasteiger charge is -2.35. The molecule has 0 spiro atoms. The highest BCUT2D eigenvalue weighted by Gasteiger charge is 2.34. The van der Waals surface area contributed by atoms with E-state index in [0.29, 0.717) is 13.1 Å². The maximum atomic E-state index is 12.7. The van der Waals surface area contributed by atoms with Crippen LogP contribution in [0.2, 0.25) is 0 Å². The molecule has 1 aromatic rings. The van der Waals surface area contributed by atoms with Crippen LogP contribution in [0.25, 0.3) is 0 Å². The van der Waals surface area contributed by atoms with Gasteiger partial charge in [-0.2, -0.15) is 18.2 Å². The monoisotopic (exact) mass is 289 g/mol. The van der Waals surface area contributed by atoms with Crippen molar-refractivity contribution in [3.63, 3.8) is 0 Å². The first-order chi connectivity index (χ1) is 9.40.